The summed E-state index contributed by atoms with van der Waals surface area (Å²) in [6, 6.07) is 18.5. The third-order valence-electron chi connectivity index (χ3n) is 5.12. The van der Waals surface area contributed by atoms with E-state index < -0.39 is 0 Å². The van der Waals surface area contributed by atoms with E-state index in [0.29, 0.717) is 20.7 Å². The lowest BCUT2D eigenvalue weighted by Gasteiger charge is -2.14. The lowest BCUT2D eigenvalue weighted by molar-refractivity contribution is -0.123. The van der Waals surface area contributed by atoms with E-state index in [4.69, 9.17) is 27.9 Å². The van der Waals surface area contributed by atoms with Gasteiger partial charge >= 0.3 is 0 Å². The number of thioether (sulfide) groups is 1. The number of carbonyl (C=O) groups excluding carboxylic acids is 2. The van der Waals surface area contributed by atoms with Gasteiger partial charge in [-0.25, -0.2) is 0 Å². The van der Waals surface area contributed by atoms with E-state index in [9.17, 15) is 9.59 Å². The van der Waals surface area contributed by atoms with E-state index >= 15 is 0 Å². The van der Waals surface area contributed by atoms with Crippen molar-refractivity contribution in [2.24, 2.45) is 0 Å². The van der Waals surface area contributed by atoms with Crippen LogP contribution in [-0.2, 0) is 17.9 Å². The standard InChI is InChI=1S/C25H18BrCl2NO3S/c1-15-4-2-3-5-17(15)13-29-24(30)23(33-25(29)31)11-16-6-9-22(20(26)10-16)32-14-18-7-8-19(27)12-21(18)28/h2-12H,13-14H2,1H3/b23-11-. The van der Waals surface area contributed by atoms with Crippen LogP contribution in [0, 0.1) is 6.92 Å². The average molecular weight is 563 g/mol. The minimum absolute atomic E-state index is 0.262. The number of ether oxygens (including phenoxy) is 1. The fraction of sp³-hybridized carbons (Fsp3) is 0.120. The second kappa shape index (κ2) is 10.3. The Balaban J connectivity index is 1.46. The summed E-state index contributed by atoms with van der Waals surface area (Å²) < 4.78 is 6.59. The maximum atomic E-state index is 12.9. The van der Waals surface area contributed by atoms with Gasteiger partial charge in [-0.05, 0) is 81.6 Å². The molecule has 1 aliphatic heterocycles. The van der Waals surface area contributed by atoms with Gasteiger partial charge in [-0.3, -0.25) is 14.5 Å². The first kappa shape index (κ1) is 23.9. The van der Waals surface area contributed by atoms with Gasteiger partial charge in [-0.2, -0.15) is 0 Å². The van der Waals surface area contributed by atoms with Gasteiger partial charge in [0.2, 0.25) is 0 Å². The summed E-state index contributed by atoms with van der Waals surface area (Å²) in [6.45, 7) is 2.51. The van der Waals surface area contributed by atoms with E-state index in [1.165, 1.54) is 4.90 Å². The van der Waals surface area contributed by atoms with Gasteiger partial charge < -0.3 is 4.74 Å². The molecule has 0 saturated carbocycles. The molecule has 1 saturated heterocycles. The highest BCUT2D eigenvalue weighted by Crippen LogP contribution is 2.35. The molecule has 1 aliphatic rings. The zero-order valence-electron chi connectivity index (χ0n) is 17.5. The Bertz CT molecular complexity index is 1280. The summed E-state index contributed by atoms with van der Waals surface area (Å²) >= 11 is 16.6. The summed E-state index contributed by atoms with van der Waals surface area (Å²) in [5.74, 6) is 0.341. The first-order valence-corrected chi connectivity index (χ1v) is 12.3. The van der Waals surface area contributed by atoms with Gasteiger partial charge in [0.05, 0.1) is 15.9 Å². The summed E-state index contributed by atoms with van der Waals surface area (Å²) in [6.07, 6.45) is 1.72. The van der Waals surface area contributed by atoms with Crippen LogP contribution in [0.1, 0.15) is 22.3 Å². The lowest BCUT2D eigenvalue weighted by Crippen LogP contribution is -2.27. The van der Waals surface area contributed by atoms with Gasteiger partial charge in [0, 0.05) is 15.6 Å². The third-order valence-corrected chi connectivity index (χ3v) is 7.23. The van der Waals surface area contributed by atoms with E-state index in [-0.39, 0.29) is 24.3 Å². The van der Waals surface area contributed by atoms with Crippen LogP contribution in [0.4, 0.5) is 4.79 Å². The molecule has 0 spiro atoms. The molecular formula is C25H18BrCl2NO3S. The topological polar surface area (TPSA) is 46.6 Å². The molecule has 168 valence electrons. The molecule has 33 heavy (non-hydrogen) atoms. The molecule has 0 atom stereocenters. The molecule has 1 fully saturated rings. The second-order valence-electron chi connectivity index (χ2n) is 7.41. The van der Waals surface area contributed by atoms with Gasteiger partial charge in [0.1, 0.15) is 12.4 Å². The first-order valence-electron chi connectivity index (χ1n) is 9.98. The van der Waals surface area contributed by atoms with E-state index in [1.54, 1.807) is 24.3 Å². The van der Waals surface area contributed by atoms with E-state index in [1.807, 2.05) is 49.4 Å². The molecule has 0 N–H and O–H groups in total. The van der Waals surface area contributed by atoms with Gasteiger partial charge in [0.25, 0.3) is 11.1 Å². The van der Waals surface area contributed by atoms with Crippen LogP contribution in [0.2, 0.25) is 10.0 Å². The third kappa shape index (κ3) is 5.64. The number of imide groups is 1. The Labute approximate surface area is 214 Å². The second-order valence-corrected chi connectivity index (χ2v) is 10.1. The minimum atomic E-state index is -0.290. The van der Waals surface area contributed by atoms with Gasteiger partial charge in [0.15, 0.2) is 0 Å². The molecule has 3 aromatic carbocycles. The molecule has 8 heteroatoms. The van der Waals surface area contributed by atoms with Crippen molar-refractivity contribution in [3.05, 3.63) is 102 Å². The van der Waals surface area contributed by atoms with Gasteiger partial charge in [-0.1, -0.05) is 59.6 Å². The number of nitrogens with zero attached hydrogens (tertiary/aromatic N) is 1. The molecule has 0 radical (unpaired) electrons. The molecule has 4 nitrogen and oxygen atoms in total. The SMILES string of the molecule is Cc1ccccc1CN1C(=O)S/C(=C\c2ccc(OCc3ccc(Cl)cc3Cl)c(Br)c2)C1=O. The zero-order valence-corrected chi connectivity index (χ0v) is 21.4. The molecular weight excluding hydrogens is 545 g/mol. The predicted octanol–water partition coefficient (Wildman–Crippen LogP) is 7.88. The largest absolute Gasteiger partial charge is 0.488 e. The molecule has 3 aromatic rings. The quantitative estimate of drug-likeness (QED) is 0.287. The van der Waals surface area contributed by atoms with Crippen LogP contribution >= 0.6 is 50.9 Å². The van der Waals surface area contributed by atoms with Crippen molar-refractivity contribution in [1.82, 2.24) is 4.90 Å². The van der Waals surface area contributed by atoms with Crippen LogP contribution in [-0.4, -0.2) is 16.0 Å². The Morgan fingerprint density at radius 1 is 1.03 bits per heavy atom. The van der Waals surface area contributed by atoms with Crippen molar-refractivity contribution in [1.29, 1.82) is 0 Å². The predicted molar refractivity (Wildman–Crippen MR) is 138 cm³/mol. The first-order chi connectivity index (χ1) is 15.8. The molecule has 0 aliphatic carbocycles. The van der Waals surface area contributed by atoms with Crippen molar-refractivity contribution in [2.45, 2.75) is 20.1 Å². The van der Waals surface area contributed by atoms with Crippen molar-refractivity contribution in [2.75, 3.05) is 0 Å². The van der Waals surface area contributed by atoms with Crippen LogP contribution in [0.25, 0.3) is 6.08 Å². The fourth-order valence-electron chi connectivity index (χ4n) is 3.26. The fourth-order valence-corrected chi connectivity index (χ4v) is 5.08. The lowest BCUT2D eigenvalue weighted by atomic mass is 10.1. The number of carbonyl (C=O) groups is 2. The Kier molecular flexibility index (Phi) is 7.49. The highest BCUT2D eigenvalue weighted by Gasteiger charge is 2.35. The molecule has 4 rings (SSSR count). The molecule has 0 unspecified atom stereocenters. The van der Waals surface area contributed by atoms with Crippen molar-refractivity contribution in [3.63, 3.8) is 0 Å². The number of amides is 2. The normalized spacial score (nSPS) is 14.9. The number of halogens is 3. The molecule has 1 heterocycles. The number of rotatable bonds is 6. The highest BCUT2D eigenvalue weighted by atomic mass is 79.9. The van der Waals surface area contributed by atoms with Crippen LogP contribution in [0.15, 0.2) is 70.0 Å². The van der Waals surface area contributed by atoms with Crippen LogP contribution < -0.4 is 4.74 Å². The molecule has 2 amide bonds. The smallest absolute Gasteiger partial charge is 0.293 e. The monoisotopic (exact) mass is 561 g/mol. The van der Waals surface area contributed by atoms with Crippen molar-refractivity contribution < 1.29 is 14.3 Å². The number of hydrogen-bond acceptors (Lipinski definition) is 4. The molecule has 0 bridgehead atoms. The summed E-state index contributed by atoms with van der Waals surface area (Å²) in [7, 11) is 0. The number of benzene rings is 3. The Morgan fingerprint density at radius 3 is 2.55 bits per heavy atom. The maximum Gasteiger partial charge on any atom is 0.293 e. The highest BCUT2D eigenvalue weighted by molar-refractivity contribution is 9.10. The minimum Gasteiger partial charge on any atom is -0.488 e. The van der Waals surface area contributed by atoms with Gasteiger partial charge in [-0.15, -0.1) is 0 Å². The number of aryl methyl sites for hydroxylation is 1. The van der Waals surface area contributed by atoms with E-state index in [2.05, 4.69) is 15.9 Å². The summed E-state index contributed by atoms with van der Waals surface area (Å²) in [5, 5.41) is 0.836. The molecule has 0 aromatic heterocycles. The van der Waals surface area contributed by atoms with Crippen LogP contribution in [0.3, 0.4) is 0 Å². The summed E-state index contributed by atoms with van der Waals surface area (Å²) in [5.41, 5.74) is 3.59. The average Bonchev–Trinajstić information content (AvgIpc) is 3.03. The van der Waals surface area contributed by atoms with E-state index in [0.717, 1.165) is 38.5 Å². The Morgan fingerprint density at radius 2 is 1.82 bits per heavy atom. The van der Waals surface area contributed by atoms with Crippen molar-refractivity contribution >= 4 is 68.1 Å². The zero-order chi connectivity index (χ0) is 23.5. The Hall–Kier alpha value is -2.25. The van der Waals surface area contributed by atoms with Crippen molar-refractivity contribution in [3.8, 4) is 5.75 Å². The summed E-state index contributed by atoms with van der Waals surface area (Å²) in [4.78, 5) is 27.0. The number of hydrogen-bond donors (Lipinski definition) is 0. The maximum absolute atomic E-state index is 12.9. The van der Waals surface area contributed by atoms with Crippen LogP contribution in [0.5, 0.6) is 5.75 Å².